The normalized spacial score (nSPS) is 17.9. The van der Waals surface area contributed by atoms with Crippen LogP contribution in [-0.4, -0.2) is 46.1 Å². The minimum absolute atomic E-state index is 0.126. The van der Waals surface area contributed by atoms with Crippen molar-refractivity contribution >= 4 is 5.97 Å². The summed E-state index contributed by atoms with van der Waals surface area (Å²) in [6.07, 6.45) is 4.61. The topological polar surface area (TPSA) is 70.8 Å². The number of hydrogen-bond acceptors (Lipinski definition) is 5. The Morgan fingerprint density at radius 1 is 1.17 bits per heavy atom. The van der Waals surface area contributed by atoms with Gasteiger partial charge in [0.05, 0.1) is 25.2 Å². The van der Waals surface area contributed by atoms with E-state index in [2.05, 4.69) is 0 Å². The second-order valence-corrected chi connectivity index (χ2v) is 4.79. The second-order valence-electron chi connectivity index (χ2n) is 4.79. The first-order valence-corrected chi connectivity index (χ1v) is 6.69. The van der Waals surface area contributed by atoms with E-state index in [4.69, 9.17) is 19.9 Å². The van der Waals surface area contributed by atoms with Gasteiger partial charge in [0.25, 0.3) is 0 Å². The molecule has 1 saturated carbocycles. The van der Waals surface area contributed by atoms with Gasteiger partial charge in [-0.25, -0.2) is 0 Å². The Bertz CT molecular complexity index is 239. The lowest BCUT2D eigenvalue weighted by Gasteiger charge is -2.24. The van der Waals surface area contributed by atoms with Crippen LogP contribution in [0.15, 0.2) is 0 Å². The third kappa shape index (κ3) is 4.55. The molecule has 1 fully saturated rings. The highest BCUT2D eigenvalue weighted by Gasteiger charge is 2.41. The minimum atomic E-state index is -0.406. The zero-order valence-corrected chi connectivity index (χ0v) is 11.3. The van der Waals surface area contributed by atoms with Crippen molar-refractivity contribution in [3.8, 4) is 0 Å². The van der Waals surface area contributed by atoms with Crippen molar-refractivity contribution in [2.45, 2.75) is 32.1 Å². The highest BCUT2D eigenvalue weighted by atomic mass is 16.5. The van der Waals surface area contributed by atoms with Gasteiger partial charge in [0.15, 0.2) is 0 Å². The summed E-state index contributed by atoms with van der Waals surface area (Å²) in [6, 6.07) is 0. The molecule has 0 spiro atoms. The highest BCUT2D eigenvalue weighted by Crippen LogP contribution is 2.38. The minimum Gasteiger partial charge on any atom is -0.465 e. The van der Waals surface area contributed by atoms with Gasteiger partial charge in [0, 0.05) is 26.7 Å². The van der Waals surface area contributed by atoms with Gasteiger partial charge < -0.3 is 19.9 Å². The van der Waals surface area contributed by atoms with Crippen molar-refractivity contribution in [2.75, 3.05) is 40.1 Å². The number of methoxy groups -OCH3 is 1. The smallest absolute Gasteiger partial charge is 0.313 e. The monoisotopic (exact) mass is 259 g/mol. The predicted molar refractivity (Wildman–Crippen MR) is 68.2 cm³/mol. The molecule has 0 unspecified atom stereocenters. The Balaban J connectivity index is 2.09. The molecule has 0 atom stereocenters. The van der Waals surface area contributed by atoms with E-state index in [0.29, 0.717) is 33.0 Å². The lowest BCUT2D eigenvalue weighted by atomic mass is 9.86. The number of nitrogens with two attached hydrogens (primary N) is 1. The third-order valence-electron chi connectivity index (χ3n) is 3.48. The first-order chi connectivity index (χ1) is 8.75. The molecule has 18 heavy (non-hydrogen) atoms. The van der Waals surface area contributed by atoms with Gasteiger partial charge in [0.2, 0.25) is 0 Å². The van der Waals surface area contributed by atoms with E-state index in [1.165, 1.54) is 0 Å². The fourth-order valence-electron chi connectivity index (χ4n) is 2.27. The fourth-order valence-corrected chi connectivity index (χ4v) is 2.27. The number of hydrogen-bond donors (Lipinski definition) is 1. The van der Waals surface area contributed by atoms with E-state index >= 15 is 0 Å². The molecule has 0 aromatic rings. The number of carbonyl (C=O) groups excluding carboxylic acids is 1. The average molecular weight is 259 g/mol. The summed E-state index contributed by atoms with van der Waals surface area (Å²) in [5.74, 6) is -0.126. The summed E-state index contributed by atoms with van der Waals surface area (Å²) < 4.78 is 15.4. The van der Waals surface area contributed by atoms with Crippen LogP contribution < -0.4 is 5.73 Å². The molecule has 106 valence electrons. The van der Waals surface area contributed by atoms with Crippen molar-refractivity contribution in [2.24, 2.45) is 11.1 Å². The molecule has 0 radical (unpaired) electrons. The standard InChI is InChI=1S/C13H25NO4/c1-16-9-10-17-7-4-8-18-12(15)13(11-14)5-2-3-6-13/h2-11,14H2,1H3. The van der Waals surface area contributed by atoms with Gasteiger partial charge in [-0.15, -0.1) is 0 Å². The van der Waals surface area contributed by atoms with Crippen LogP contribution >= 0.6 is 0 Å². The van der Waals surface area contributed by atoms with E-state index < -0.39 is 5.41 Å². The van der Waals surface area contributed by atoms with Crippen LogP contribution in [0.4, 0.5) is 0 Å². The number of rotatable bonds is 9. The largest absolute Gasteiger partial charge is 0.465 e. The molecule has 1 aliphatic carbocycles. The van der Waals surface area contributed by atoms with Gasteiger partial charge in [-0.1, -0.05) is 12.8 Å². The molecule has 0 aromatic heterocycles. The Kier molecular flexibility index (Phi) is 7.23. The quantitative estimate of drug-likeness (QED) is 0.496. The molecule has 1 rings (SSSR count). The van der Waals surface area contributed by atoms with Gasteiger partial charge in [-0.2, -0.15) is 0 Å². The lowest BCUT2D eigenvalue weighted by Crippen LogP contribution is -2.37. The van der Waals surface area contributed by atoms with E-state index in [1.807, 2.05) is 0 Å². The van der Waals surface area contributed by atoms with Crippen LogP contribution in [0, 0.1) is 5.41 Å². The van der Waals surface area contributed by atoms with Crippen molar-refractivity contribution in [3.63, 3.8) is 0 Å². The van der Waals surface area contributed by atoms with Crippen molar-refractivity contribution in [1.29, 1.82) is 0 Å². The van der Waals surface area contributed by atoms with E-state index in [9.17, 15) is 4.79 Å². The van der Waals surface area contributed by atoms with Crippen LogP contribution in [0.3, 0.4) is 0 Å². The average Bonchev–Trinajstić information content (AvgIpc) is 2.87. The van der Waals surface area contributed by atoms with Crippen molar-refractivity contribution in [3.05, 3.63) is 0 Å². The number of ether oxygens (including phenoxy) is 3. The zero-order valence-electron chi connectivity index (χ0n) is 11.3. The van der Waals surface area contributed by atoms with Crippen LogP contribution in [0.25, 0.3) is 0 Å². The fraction of sp³-hybridized carbons (Fsp3) is 0.923. The van der Waals surface area contributed by atoms with Crippen molar-refractivity contribution < 1.29 is 19.0 Å². The van der Waals surface area contributed by atoms with Crippen LogP contribution in [0.1, 0.15) is 32.1 Å². The number of carbonyl (C=O) groups is 1. The van der Waals surface area contributed by atoms with Gasteiger partial charge in [-0.3, -0.25) is 4.79 Å². The van der Waals surface area contributed by atoms with Crippen LogP contribution in [0.2, 0.25) is 0 Å². The third-order valence-corrected chi connectivity index (χ3v) is 3.48. The first-order valence-electron chi connectivity index (χ1n) is 6.69. The van der Waals surface area contributed by atoms with Gasteiger partial charge >= 0.3 is 5.97 Å². The van der Waals surface area contributed by atoms with Crippen molar-refractivity contribution in [1.82, 2.24) is 0 Å². The van der Waals surface area contributed by atoms with Gasteiger partial charge in [0.1, 0.15) is 0 Å². The maximum absolute atomic E-state index is 12.0. The summed E-state index contributed by atoms with van der Waals surface area (Å²) >= 11 is 0. The molecule has 0 heterocycles. The Hall–Kier alpha value is -0.650. The zero-order chi connectivity index (χ0) is 13.3. The molecule has 0 bridgehead atoms. The SMILES string of the molecule is COCCOCCCOC(=O)C1(CN)CCCC1. The van der Waals surface area contributed by atoms with Gasteiger partial charge in [-0.05, 0) is 12.8 Å². The summed E-state index contributed by atoms with van der Waals surface area (Å²) in [6.45, 7) is 2.57. The van der Waals surface area contributed by atoms with E-state index in [-0.39, 0.29) is 5.97 Å². The molecular weight excluding hydrogens is 234 g/mol. The Labute approximate surface area is 109 Å². The maximum atomic E-state index is 12.0. The molecule has 0 amide bonds. The molecule has 5 heteroatoms. The predicted octanol–water partition coefficient (Wildman–Crippen LogP) is 1.10. The van der Waals surface area contributed by atoms with Crippen LogP contribution in [-0.2, 0) is 19.0 Å². The van der Waals surface area contributed by atoms with E-state index in [1.54, 1.807) is 7.11 Å². The summed E-state index contributed by atoms with van der Waals surface area (Å²) in [5, 5.41) is 0. The molecule has 1 aliphatic rings. The molecule has 2 N–H and O–H groups in total. The summed E-state index contributed by atoms with van der Waals surface area (Å²) in [5.41, 5.74) is 5.31. The van der Waals surface area contributed by atoms with Crippen LogP contribution in [0.5, 0.6) is 0 Å². The first kappa shape index (κ1) is 15.4. The lowest BCUT2D eigenvalue weighted by molar-refractivity contribution is -0.155. The molecule has 0 saturated heterocycles. The molecular formula is C13H25NO4. The highest BCUT2D eigenvalue weighted by molar-refractivity contribution is 5.77. The Morgan fingerprint density at radius 2 is 1.89 bits per heavy atom. The summed E-state index contributed by atoms with van der Waals surface area (Å²) in [7, 11) is 1.64. The molecule has 5 nitrogen and oxygen atoms in total. The number of esters is 1. The summed E-state index contributed by atoms with van der Waals surface area (Å²) in [4.78, 5) is 12.0. The Morgan fingerprint density at radius 3 is 2.50 bits per heavy atom. The maximum Gasteiger partial charge on any atom is 0.313 e. The second kappa shape index (κ2) is 8.45. The molecule has 0 aliphatic heterocycles. The van der Waals surface area contributed by atoms with E-state index in [0.717, 1.165) is 32.1 Å². The molecule has 0 aromatic carbocycles.